The Balaban J connectivity index is 2.48. The van der Waals surface area contributed by atoms with Crippen molar-refractivity contribution in [2.75, 3.05) is 13.2 Å². The Morgan fingerprint density at radius 2 is 1.86 bits per heavy atom. The van der Waals surface area contributed by atoms with E-state index in [2.05, 4.69) is 0 Å². The van der Waals surface area contributed by atoms with Gasteiger partial charge in [0.1, 0.15) is 6.61 Å². The number of ether oxygens (including phenoxy) is 1. The third kappa shape index (κ3) is 3.23. The van der Waals surface area contributed by atoms with Crippen LogP contribution in [0.2, 0.25) is 0 Å². The molecule has 0 amide bonds. The van der Waals surface area contributed by atoms with Crippen LogP contribution in [0.5, 0.6) is 5.75 Å². The topological polar surface area (TPSA) is 49.7 Å². The summed E-state index contributed by atoms with van der Waals surface area (Å²) in [6, 6.07) is 8.67. The summed E-state index contributed by atoms with van der Waals surface area (Å²) < 4.78 is 19.3. The molecule has 0 aliphatic rings. The first-order chi connectivity index (χ1) is 10.1. The molecule has 0 heterocycles. The molecule has 112 valence electrons. The molecule has 21 heavy (non-hydrogen) atoms. The number of hydrogen-bond donors (Lipinski definition) is 2. The zero-order valence-electron chi connectivity index (χ0n) is 12.2. The van der Waals surface area contributed by atoms with Crippen molar-refractivity contribution >= 4 is 0 Å². The van der Waals surface area contributed by atoms with Crippen molar-refractivity contribution in [3.8, 4) is 16.9 Å². The third-order valence-corrected chi connectivity index (χ3v) is 3.53. The van der Waals surface area contributed by atoms with Gasteiger partial charge >= 0.3 is 0 Å². The maximum absolute atomic E-state index is 14.1. The van der Waals surface area contributed by atoms with Gasteiger partial charge in [-0.1, -0.05) is 18.2 Å². The van der Waals surface area contributed by atoms with Crippen LogP contribution in [0, 0.1) is 19.7 Å². The Morgan fingerprint density at radius 3 is 2.52 bits per heavy atom. The van der Waals surface area contributed by atoms with Gasteiger partial charge in [0.2, 0.25) is 0 Å². The Bertz CT molecular complexity index is 638. The highest BCUT2D eigenvalue weighted by Gasteiger charge is 2.13. The van der Waals surface area contributed by atoms with Crippen LogP contribution in [-0.2, 0) is 6.61 Å². The van der Waals surface area contributed by atoms with E-state index in [9.17, 15) is 9.50 Å². The molecule has 2 aromatic carbocycles. The quantitative estimate of drug-likeness (QED) is 0.890. The molecule has 2 aromatic rings. The van der Waals surface area contributed by atoms with E-state index in [0.717, 1.165) is 27.8 Å². The van der Waals surface area contributed by atoms with E-state index in [0.29, 0.717) is 0 Å². The van der Waals surface area contributed by atoms with E-state index >= 15 is 0 Å². The minimum atomic E-state index is -0.460. The van der Waals surface area contributed by atoms with Gasteiger partial charge in [-0.3, -0.25) is 0 Å². The van der Waals surface area contributed by atoms with Crippen LogP contribution in [-0.4, -0.2) is 23.4 Å². The van der Waals surface area contributed by atoms with Crippen LogP contribution in [0.4, 0.5) is 4.39 Å². The normalized spacial score (nSPS) is 10.7. The molecule has 3 nitrogen and oxygen atoms in total. The second-order valence-electron chi connectivity index (χ2n) is 4.92. The van der Waals surface area contributed by atoms with Gasteiger partial charge in [0, 0.05) is 0 Å². The molecular weight excluding hydrogens is 271 g/mol. The molecule has 0 bridgehead atoms. The van der Waals surface area contributed by atoms with Crippen molar-refractivity contribution < 1.29 is 19.3 Å². The van der Waals surface area contributed by atoms with E-state index < -0.39 is 5.82 Å². The predicted octanol–water partition coefficient (Wildman–Crippen LogP) is 2.97. The predicted molar refractivity (Wildman–Crippen MR) is 79.8 cm³/mol. The molecule has 4 heteroatoms. The number of aliphatic hydroxyl groups is 2. The summed E-state index contributed by atoms with van der Waals surface area (Å²) in [6.45, 7) is 3.66. The van der Waals surface area contributed by atoms with Gasteiger partial charge in [-0.2, -0.15) is 0 Å². The highest BCUT2D eigenvalue weighted by molar-refractivity contribution is 5.72. The minimum Gasteiger partial charge on any atom is -0.488 e. The molecule has 0 aliphatic heterocycles. The zero-order valence-corrected chi connectivity index (χ0v) is 12.2. The fourth-order valence-corrected chi connectivity index (χ4v) is 2.36. The van der Waals surface area contributed by atoms with Crippen molar-refractivity contribution in [1.82, 2.24) is 0 Å². The Hall–Kier alpha value is -1.91. The first kappa shape index (κ1) is 15.5. The lowest BCUT2D eigenvalue weighted by atomic mass is 9.93. The van der Waals surface area contributed by atoms with Crippen molar-refractivity contribution in [3.63, 3.8) is 0 Å². The number of rotatable bonds is 5. The summed E-state index contributed by atoms with van der Waals surface area (Å²) in [5.74, 6) is -0.320. The van der Waals surface area contributed by atoms with Gasteiger partial charge in [0.05, 0.1) is 13.2 Å². The summed E-state index contributed by atoms with van der Waals surface area (Å²) in [6.07, 6.45) is 0. The summed E-state index contributed by atoms with van der Waals surface area (Å²) in [4.78, 5) is 0. The zero-order chi connectivity index (χ0) is 15.4. The van der Waals surface area contributed by atoms with Gasteiger partial charge < -0.3 is 14.9 Å². The number of hydrogen-bond acceptors (Lipinski definition) is 3. The smallest absolute Gasteiger partial charge is 0.165 e. The average molecular weight is 290 g/mol. The molecule has 0 saturated heterocycles. The lowest BCUT2D eigenvalue weighted by molar-refractivity contribution is 0.196. The van der Waals surface area contributed by atoms with Crippen molar-refractivity contribution in [3.05, 3.63) is 52.8 Å². The molecule has 0 atom stereocenters. The summed E-state index contributed by atoms with van der Waals surface area (Å²) in [5, 5.41) is 18.1. The van der Waals surface area contributed by atoms with E-state index in [-0.39, 0.29) is 25.6 Å². The first-order valence-corrected chi connectivity index (χ1v) is 6.82. The standard InChI is InChI=1S/C17H19FO3/c1-11-8-17(21-7-6-19)16(18)9-15(11)14-5-3-4-13(10-20)12(14)2/h3-5,8-9,19-20H,6-7,10H2,1-2H3. The number of aliphatic hydroxyl groups excluding tert-OH is 2. The molecule has 0 unspecified atom stereocenters. The van der Waals surface area contributed by atoms with Gasteiger partial charge in [0.25, 0.3) is 0 Å². The van der Waals surface area contributed by atoms with Crippen LogP contribution in [0.15, 0.2) is 30.3 Å². The summed E-state index contributed by atoms with van der Waals surface area (Å²) >= 11 is 0. The van der Waals surface area contributed by atoms with Gasteiger partial charge in [0.15, 0.2) is 11.6 Å². The monoisotopic (exact) mass is 290 g/mol. The number of aryl methyl sites for hydroxylation is 1. The summed E-state index contributed by atoms with van der Waals surface area (Å²) in [7, 11) is 0. The van der Waals surface area contributed by atoms with Crippen LogP contribution >= 0.6 is 0 Å². The number of halogens is 1. The third-order valence-electron chi connectivity index (χ3n) is 3.53. The molecule has 0 aromatic heterocycles. The van der Waals surface area contributed by atoms with E-state index in [1.807, 2.05) is 32.0 Å². The van der Waals surface area contributed by atoms with E-state index in [4.69, 9.17) is 9.84 Å². The molecule has 0 aliphatic carbocycles. The van der Waals surface area contributed by atoms with Crippen molar-refractivity contribution in [2.24, 2.45) is 0 Å². The van der Waals surface area contributed by atoms with E-state index in [1.165, 1.54) is 6.07 Å². The summed E-state index contributed by atoms with van der Waals surface area (Å²) in [5.41, 5.74) is 4.31. The molecule has 0 radical (unpaired) electrons. The minimum absolute atomic E-state index is 0.0428. The Labute approximate surface area is 123 Å². The lowest BCUT2D eigenvalue weighted by Crippen LogP contribution is -2.04. The molecule has 2 N–H and O–H groups in total. The van der Waals surface area contributed by atoms with Gasteiger partial charge in [-0.05, 0) is 53.8 Å². The van der Waals surface area contributed by atoms with Gasteiger partial charge in [-0.15, -0.1) is 0 Å². The second-order valence-corrected chi connectivity index (χ2v) is 4.92. The van der Waals surface area contributed by atoms with Crippen molar-refractivity contribution in [1.29, 1.82) is 0 Å². The fraction of sp³-hybridized carbons (Fsp3) is 0.294. The maximum Gasteiger partial charge on any atom is 0.165 e. The SMILES string of the molecule is Cc1cc(OCCO)c(F)cc1-c1cccc(CO)c1C. The average Bonchev–Trinajstić information content (AvgIpc) is 2.48. The first-order valence-electron chi connectivity index (χ1n) is 6.82. The molecule has 0 fully saturated rings. The lowest BCUT2D eigenvalue weighted by Gasteiger charge is -2.14. The Kier molecular flexibility index (Phi) is 4.94. The van der Waals surface area contributed by atoms with Crippen LogP contribution in [0.3, 0.4) is 0 Å². The Morgan fingerprint density at radius 1 is 1.10 bits per heavy atom. The van der Waals surface area contributed by atoms with E-state index in [1.54, 1.807) is 6.07 Å². The molecule has 2 rings (SSSR count). The molecular formula is C17H19FO3. The van der Waals surface area contributed by atoms with Crippen LogP contribution in [0.1, 0.15) is 16.7 Å². The molecule has 0 saturated carbocycles. The fourth-order valence-electron chi connectivity index (χ4n) is 2.36. The highest BCUT2D eigenvalue weighted by atomic mass is 19.1. The largest absolute Gasteiger partial charge is 0.488 e. The molecule has 0 spiro atoms. The number of benzene rings is 2. The highest BCUT2D eigenvalue weighted by Crippen LogP contribution is 2.32. The van der Waals surface area contributed by atoms with Gasteiger partial charge in [-0.25, -0.2) is 4.39 Å². The second kappa shape index (κ2) is 6.70. The van der Waals surface area contributed by atoms with Crippen LogP contribution < -0.4 is 4.74 Å². The van der Waals surface area contributed by atoms with Crippen LogP contribution in [0.25, 0.3) is 11.1 Å². The maximum atomic E-state index is 14.1. The van der Waals surface area contributed by atoms with Crippen molar-refractivity contribution in [2.45, 2.75) is 20.5 Å².